The van der Waals surface area contributed by atoms with Crippen molar-refractivity contribution in [2.24, 2.45) is 10.9 Å². The van der Waals surface area contributed by atoms with Crippen molar-refractivity contribution in [3.63, 3.8) is 0 Å². The predicted octanol–water partition coefficient (Wildman–Crippen LogP) is 2.20. The molecule has 7 heteroatoms. The van der Waals surface area contributed by atoms with Gasteiger partial charge in [-0.05, 0) is 58.7 Å². The topological polar surface area (TPSA) is 68.8 Å². The summed E-state index contributed by atoms with van der Waals surface area (Å²) >= 11 is 0. The SMILES string of the molecule is CCCN(CCC)CCCN=C(NCC)NCCNC(=O)C1CC1.I. The van der Waals surface area contributed by atoms with Crippen molar-refractivity contribution in [3.8, 4) is 0 Å². The van der Waals surface area contributed by atoms with Crippen LogP contribution in [0.5, 0.6) is 0 Å². The van der Waals surface area contributed by atoms with E-state index >= 15 is 0 Å². The van der Waals surface area contributed by atoms with Crippen molar-refractivity contribution in [2.75, 3.05) is 45.8 Å². The van der Waals surface area contributed by atoms with Crippen LogP contribution in [-0.4, -0.2) is 62.6 Å². The van der Waals surface area contributed by atoms with Gasteiger partial charge in [-0.1, -0.05) is 13.8 Å². The van der Waals surface area contributed by atoms with Crippen molar-refractivity contribution >= 4 is 35.8 Å². The summed E-state index contributed by atoms with van der Waals surface area (Å²) in [5.74, 6) is 1.32. The van der Waals surface area contributed by atoms with Gasteiger partial charge in [-0.25, -0.2) is 0 Å². The Morgan fingerprint density at radius 1 is 1.00 bits per heavy atom. The Morgan fingerprint density at radius 3 is 2.20 bits per heavy atom. The van der Waals surface area contributed by atoms with Crippen LogP contribution in [0, 0.1) is 5.92 Å². The van der Waals surface area contributed by atoms with Crippen LogP contribution in [0.1, 0.15) is 52.9 Å². The summed E-state index contributed by atoms with van der Waals surface area (Å²) in [4.78, 5) is 18.7. The second-order valence-corrected chi connectivity index (χ2v) is 6.45. The predicted molar refractivity (Wildman–Crippen MR) is 117 cm³/mol. The van der Waals surface area contributed by atoms with E-state index in [0.717, 1.165) is 44.9 Å². The summed E-state index contributed by atoms with van der Waals surface area (Å²) in [7, 11) is 0. The van der Waals surface area contributed by atoms with Gasteiger partial charge in [0.2, 0.25) is 5.91 Å². The van der Waals surface area contributed by atoms with E-state index in [1.807, 2.05) is 0 Å². The van der Waals surface area contributed by atoms with Gasteiger partial charge in [-0.2, -0.15) is 0 Å². The van der Waals surface area contributed by atoms with Gasteiger partial charge in [0.15, 0.2) is 5.96 Å². The first-order chi connectivity index (χ1) is 11.7. The normalized spacial score (nSPS) is 14.2. The zero-order valence-electron chi connectivity index (χ0n) is 16.3. The third kappa shape index (κ3) is 12.4. The molecule has 0 spiro atoms. The molecule has 0 bridgehead atoms. The molecule has 3 N–H and O–H groups in total. The minimum Gasteiger partial charge on any atom is -0.357 e. The number of amides is 1. The summed E-state index contributed by atoms with van der Waals surface area (Å²) in [6.07, 6.45) is 5.60. The van der Waals surface area contributed by atoms with Crippen LogP contribution < -0.4 is 16.0 Å². The van der Waals surface area contributed by atoms with E-state index in [1.54, 1.807) is 0 Å². The standard InChI is InChI=1S/C18H37N5O.HI/c1-4-13-23(14-5-2)15-7-10-21-18(19-6-3)22-12-11-20-17(24)16-8-9-16;/h16H,4-15H2,1-3H3,(H,20,24)(H2,19,21,22);1H. The van der Waals surface area contributed by atoms with Gasteiger partial charge in [0.05, 0.1) is 0 Å². The number of guanidine groups is 1. The van der Waals surface area contributed by atoms with Crippen LogP contribution in [0.2, 0.25) is 0 Å². The number of nitrogens with one attached hydrogen (secondary N) is 3. The fourth-order valence-corrected chi connectivity index (χ4v) is 2.65. The van der Waals surface area contributed by atoms with Crippen molar-refractivity contribution < 1.29 is 4.79 Å². The molecule has 0 aliphatic heterocycles. The Labute approximate surface area is 171 Å². The quantitative estimate of drug-likeness (QED) is 0.168. The molecule has 0 radical (unpaired) electrons. The van der Waals surface area contributed by atoms with Crippen molar-refractivity contribution in [1.82, 2.24) is 20.9 Å². The van der Waals surface area contributed by atoms with Crippen molar-refractivity contribution in [3.05, 3.63) is 0 Å². The van der Waals surface area contributed by atoms with Gasteiger partial charge in [0.1, 0.15) is 0 Å². The summed E-state index contributed by atoms with van der Waals surface area (Å²) in [6, 6.07) is 0. The van der Waals surface area contributed by atoms with Crippen molar-refractivity contribution in [2.45, 2.75) is 52.9 Å². The molecule has 1 fully saturated rings. The van der Waals surface area contributed by atoms with E-state index in [-0.39, 0.29) is 35.8 Å². The Kier molecular flexibility index (Phi) is 15.3. The van der Waals surface area contributed by atoms with E-state index in [4.69, 9.17) is 0 Å². The molecule has 0 saturated heterocycles. The fourth-order valence-electron chi connectivity index (χ4n) is 2.65. The lowest BCUT2D eigenvalue weighted by atomic mass is 10.3. The van der Waals surface area contributed by atoms with Gasteiger partial charge in [-0.15, -0.1) is 24.0 Å². The van der Waals surface area contributed by atoms with Crippen LogP contribution in [-0.2, 0) is 4.79 Å². The number of nitrogens with zero attached hydrogens (tertiary/aromatic N) is 2. The first-order valence-corrected chi connectivity index (χ1v) is 9.73. The van der Waals surface area contributed by atoms with Crippen LogP contribution in [0.25, 0.3) is 0 Å². The van der Waals surface area contributed by atoms with Gasteiger partial charge in [-0.3, -0.25) is 9.79 Å². The number of aliphatic imine (C=N–C) groups is 1. The highest BCUT2D eigenvalue weighted by Crippen LogP contribution is 2.28. The molecule has 0 aromatic carbocycles. The number of hydrogen-bond acceptors (Lipinski definition) is 3. The number of hydrogen-bond donors (Lipinski definition) is 3. The van der Waals surface area contributed by atoms with Crippen LogP contribution in [0.4, 0.5) is 0 Å². The molecule has 1 aliphatic rings. The second-order valence-electron chi connectivity index (χ2n) is 6.45. The average molecular weight is 467 g/mol. The maximum Gasteiger partial charge on any atom is 0.223 e. The maximum atomic E-state index is 11.6. The molecule has 0 atom stereocenters. The first kappa shape index (κ1) is 24.4. The summed E-state index contributed by atoms with van der Waals surface area (Å²) in [6.45, 7) is 13.0. The third-order valence-electron chi connectivity index (χ3n) is 3.99. The molecule has 0 aromatic rings. The highest BCUT2D eigenvalue weighted by atomic mass is 127. The molecule has 148 valence electrons. The molecule has 0 heterocycles. The molecule has 1 saturated carbocycles. The Bertz CT molecular complexity index is 368. The Morgan fingerprint density at radius 2 is 1.64 bits per heavy atom. The Hall–Kier alpha value is -0.570. The molecular formula is C18H38IN5O. The van der Waals surface area contributed by atoms with E-state index < -0.39 is 0 Å². The molecule has 1 amide bonds. The molecule has 1 aliphatic carbocycles. The lowest BCUT2D eigenvalue weighted by Gasteiger charge is -2.20. The van der Waals surface area contributed by atoms with Crippen molar-refractivity contribution in [1.29, 1.82) is 0 Å². The molecule has 25 heavy (non-hydrogen) atoms. The lowest BCUT2D eigenvalue weighted by Crippen LogP contribution is -2.41. The monoisotopic (exact) mass is 467 g/mol. The highest BCUT2D eigenvalue weighted by Gasteiger charge is 2.28. The molecule has 6 nitrogen and oxygen atoms in total. The highest BCUT2D eigenvalue weighted by molar-refractivity contribution is 14.0. The number of rotatable bonds is 13. The fraction of sp³-hybridized carbons (Fsp3) is 0.889. The van der Waals surface area contributed by atoms with Crippen LogP contribution in [0.15, 0.2) is 4.99 Å². The second kappa shape index (κ2) is 15.7. The summed E-state index contributed by atoms with van der Waals surface area (Å²) in [5.41, 5.74) is 0. The zero-order chi connectivity index (χ0) is 17.6. The Balaban J connectivity index is 0.00000576. The summed E-state index contributed by atoms with van der Waals surface area (Å²) < 4.78 is 0. The van der Waals surface area contributed by atoms with E-state index in [9.17, 15) is 4.79 Å². The number of carbonyl (C=O) groups excluding carboxylic acids is 1. The van der Waals surface area contributed by atoms with Crippen LogP contribution >= 0.6 is 24.0 Å². The van der Waals surface area contributed by atoms with Gasteiger partial charge < -0.3 is 20.9 Å². The van der Waals surface area contributed by atoms with E-state index in [0.29, 0.717) is 13.1 Å². The van der Waals surface area contributed by atoms with Crippen LogP contribution in [0.3, 0.4) is 0 Å². The first-order valence-electron chi connectivity index (χ1n) is 9.73. The molecule has 0 unspecified atom stereocenters. The number of halogens is 1. The van der Waals surface area contributed by atoms with E-state index in [2.05, 4.69) is 46.6 Å². The largest absolute Gasteiger partial charge is 0.357 e. The molecule has 0 aromatic heterocycles. The third-order valence-corrected chi connectivity index (χ3v) is 3.99. The van der Waals surface area contributed by atoms with Gasteiger partial charge in [0, 0.05) is 32.1 Å². The minimum atomic E-state index is 0. The average Bonchev–Trinajstić information content (AvgIpc) is 3.40. The smallest absolute Gasteiger partial charge is 0.223 e. The lowest BCUT2D eigenvalue weighted by molar-refractivity contribution is -0.122. The molecule has 1 rings (SSSR count). The zero-order valence-corrected chi connectivity index (χ0v) is 18.6. The van der Waals surface area contributed by atoms with Gasteiger partial charge in [0.25, 0.3) is 0 Å². The summed E-state index contributed by atoms with van der Waals surface area (Å²) in [5, 5.41) is 9.50. The molecular weight excluding hydrogens is 429 g/mol. The number of carbonyl (C=O) groups is 1. The maximum absolute atomic E-state index is 11.6. The minimum absolute atomic E-state index is 0. The van der Waals surface area contributed by atoms with E-state index in [1.165, 1.54) is 25.9 Å². The van der Waals surface area contributed by atoms with Gasteiger partial charge >= 0.3 is 0 Å².